The van der Waals surface area contributed by atoms with E-state index in [1.807, 2.05) is 6.07 Å². The molecule has 0 N–H and O–H groups in total. The second-order valence-electron chi connectivity index (χ2n) is 3.00. The third-order valence-electron chi connectivity index (χ3n) is 1.96. The van der Waals surface area contributed by atoms with Gasteiger partial charge in [-0.05, 0) is 24.6 Å². The zero-order valence-electron chi connectivity index (χ0n) is 8.66. The Balaban J connectivity index is 3.23. The molecule has 0 unspecified atom stereocenters. The van der Waals surface area contributed by atoms with Crippen molar-refractivity contribution in [3.05, 3.63) is 28.8 Å². The molecule has 0 spiro atoms. The summed E-state index contributed by atoms with van der Waals surface area (Å²) in [5, 5.41) is 8.88. The van der Waals surface area contributed by atoms with Crippen LogP contribution in [0.1, 0.15) is 28.4 Å². The van der Waals surface area contributed by atoms with Gasteiger partial charge in [0.1, 0.15) is 6.07 Å². The molecule has 84 valence electrons. The van der Waals surface area contributed by atoms with Crippen molar-refractivity contribution in [3.8, 4) is 6.07 Å². The van der Waals surface area contributed by atoms with Crippen molar-refractivity contribution in [2.75, 3.05) is 6.61 Å². The molecule has 0 saturated heterocycles. The molecule has 0 amide bonds. The van der Waals surface area contributed by atoms with E-state index in [2.05, 4.69) is 12.6 Å². The Bertz CT molecular complexity index is 454. The highest BCUT2D eigenvalue weighted by molar-refractivity contribution is 7.80. The molecular weight excluding hydrogens is 246 g/mol. The Morgan fingerprint density at radius 3 is 2.81 bits per heavy atom. The topological polar surface area (TPSA) is 50.1 Å². The zero-order chi connectivity index (χ0) is 12.1. The third-order valence-corrected chi connectivity index (χ3v) is 2.78. The molecule has 16 heavy (non-hydrogen) atoms. The average Bonchev–Trinajstić information content (AvgIpc) is 2.29. The van der Waals surface area contributed by atoms with Crippen LogP contribution < -0.4 is 0 Å². The second kappa shape index (κ2) is 5.78. The van der Waals surface area contributed by atoms with E-state index in [1.54, 1.807) is 13.0 Å². The molecule has 1 aromatic carbocycles. The number of ether oxygens (including phenoxy) is 1. The maximum atomic E-state index is 11.5. The predicted octanol–water partition coefficient (Wildman–Crippen LogP) is 2.76. The number of hydrogen-bond donors (Lipinski definition) is 1. The highest BCUT2D eigenvalue weighted by atomic mass is 35.5. The van der Waals surface area contributed by atoms with Crippen LogP contribution in [0.3, 0.4) is 0 Å². The highest BCUT2D eigenvalue weighted by Gasteiger charge is 2.13. The molecule has 1 aromatic rings. The molecule has 0 saturated carbocycles. The predicted molar refractivity (Wildman–Crippen MR) is 63.9 cm³/mol. The van der Waals surface area contributed by atoms with Crippen molar-refractivity contribution in [2.24, 2.45) is 0 Å². The number of carbonyl (C=O) groups is 1. The molecule has 0 aliphatic carbocycles. The summed E-state index contributed by atoms with van der Waals surface area (Å²) in [6.07, 6.45) is 0. The third kappa shape index (κ3) is 2.69. The Hall–Kier alpha value is -1.18. The van der Waals surface area contributed by atoms with E-state index < -0.39 is 5.97 Å². The van der Waals surface area contributed by atoms with Crippen molar-refractivity contribution >= 4 is 30.2 Å². The Morgan fingerprint density at radius 1 is 1.62 bits per heavy atom. The van der Waals surface area contributed by atoms with E-state index in [-0.39, 0.29) is 5.88 Å². The summed E-state index contributed by atoms with van der Waals surface area (Å²) in [6, 6.07) is 5.01. The monoisotopic (exact) mass is 255 g/mol. The smallest absolute Gasteiger partial charge is 0.338 e. The molecule has 1 rings (SSSR count). The van der Waals surface area contributed by atoms with Crippen molar-refractivity contribution < 1.29 is 9.53 Å². The van der Waals surface area contributed by atoms with Gasteiger partial charge in [0, 0.05) is 10.8 Å². The van der Waals surface area contributed by atoms with Crippen molar-refractivity contribution in [3.63, 3.8) is 0 Å². The van der Waals surface area contributed by atoms with E-state index in [0.717, 1.165) is 0 Å². The molecule has 0 bridgehead atoms. The quantitative estimate of drug-likeness (QED) is 0.513. The summed E-state index contributed by atoms with van der Waals surface area (Å²) in [5.41, 5.74) is 1.29. The lowest BCUT2D eigenvalue weighted by Crippen LogP contribution is -2.06. The maximum Gasteiger partial charge on any atom is 0.338 e. The van der Waals surface area contributed by atoms with Crippen LogP contribution in [0.4, 0.5) is 0 Å². The lowest BCUT2D eigenvalue weighted by Gasteiger charge is -2.07. The van der Waals surface area contributed by atoms with E-state index in [4.69, 9.17) is 21.6 Å². The van der Waals surface area contributed by atoms with Gasteiger partial charge in [-0.15, -0.1) is 24.2 Å². The lowest BCUT2D eigenvalue weighted by molar-refractivity contribution is 0.0526. The highest BCUT2D eigenvalue weighted by Crippen LogP contribution is 2.23. The fourth-order valence-electron chi connectivity index (χ4n) is 1.21. The van der Waals surface area contributed by atoms with Crippen molar-refractivity contribution in [2.45, 2.75) is 17.7 Å². The van der Waals surface area contributed by atoms with Crippen LogP contribution in [-0.4, -0.2) is 12.6 Å². The number of carbonyl (C=O) groups excluding carboxylic acids is 1. The van der Waals surface area contributed by atoms with Gasteiger partial charge in [0.25, 0.3) is 0 Å². The molecule has 0 atom stereocenters. The maximum absolute atomic E-state index is 11.5. The van der Waals surface area contributed by atoms with Crippen LogP contribution in [0.2, 0.25) is 0 Å². The standard InChI is InChI=1S/C11H10ClNO2S/c1-2-15-11(14)7-3-8(5-12)10(16)9(4-7)6-13/h3-4,16H,2,5H2,1H3. The van der Waals surface area contributed by atoms with E-state index in [9.17, 15) is 4.79 Å². The van der Waals surface area contributed by atoms with Gasteiger partial charge in [0.15, 0.2) is 0 Å². The molecule has 5 heteroatoms. The fourth-order valence-corrected chi connectivity index (χ4v) is 1.78. The van der Waals surface area contributed by atoms with Gasteiger partial charge >= 0.3 is 5.97 Å². The average molecular weight is 256 g/mol. The number of halogens is 1. The number of hydrogen-bond acceptors (Lipinski definition) is 4. The van der Waals surface area contributed by atoms with Gasteiger partial charge in [0.05, 0.1) is 17.7 Å². The number of esters is 1. The number of nitriles is 1. The minimum atomic E-state index is -0.460. The molecule has 0 radical (unpaired) electrons. The molecule has 0 aromatic heterocycles. The first-order chi connectivity index (χ1) is 7.63. The van der Waals surface area contributed by atoms with Gasteiger partial charge in [-0.1, -0.05) is 0 Å². The number of benzene rings is 1. The van der Waals surface area contributed by atoms with Crippen molar-refractivity contribution in [1.82, 2.24) is 0 Å². The van der Waals surface area contributed by atoms with Crippen molar-refractivity contribution in [1.29, 1.82) is 5.26 Å². The van der Waals surface area contributed by atoms with Crippen LogP contribution in [-0.2, 0) is 10.6 Å². The molecule has 0 aliphatic heterocycles. The molecular formula is C11H10ClNO2S. The number of alkyl halides is 1. The van der Waals surface area contributed by atoms with Gasteiger partial charge in [-0.2, -0.15) is 5.26 Å². The second-order valence-corrected chi connectivity index (χ2v) is 3.71. The van der Waals surface area contributed by atoms with E-state index in [0.29, 0.717) is 28.2 Å². The first kappa shape index (κ1) is 12.9. The summed E-state index contributed by atoms with van der Waals surface area (Å²) in [5.74, 6) is -0.264. The summed E-state index contributed by atoms with van der Waals surface area (Å²) >= 11 is 9.88. The first-order valence-electron chi connectivity index (χ1n) is 4.63. The summed E-state index contributed by atoms with van der Waals surface area (Å²) in [4.78, 5) is 12.0. The Kier molecular flexibility index (Phi) is 4.66. The van der Waals surface area contributed by atoms with Crippen LogP contribution in [0, 0.1) is 11.3 Å². The zero-order valence-corrected chi connectivity index (χ0v) is 10.3. The van der Waals surface area contributed by atoms with Gasteiger partial charge in [-0.3, -0.25) is 0 Å². The minimum Gasteiger partial charge on any atom is -0.462 e. The number of nitrogens with zero attached hydrogens (tertiary/aromatic N) is 1. The molecule has 0 heterocycles. The van der Waals surface area contributed by atoms with E-state index in [1.165, 1.54) is 6.07 Å². The van der Waals surface area contributed by atoms with Gasteiger partial charge in [0.2, 0.25) is 0 Å². The minimum absolute atomic E-state index is 0.195. The van der Waals surface area contributed by atoms with Gasteiger partial charge in [-0.25, -0.2) is 4.79 Å². The lowest BCUT2D eigenvalue weighted by atomic mass is 10.1. The Labute approximate surface area is 104 Å². The Morgan fingerprint density at radius 2 is 2.31 bits per heavy atom. The normalized spacial score (nSPS) is 9.62. The largest absolute Gasteiger partial charge is 0.462 e. The first-order valence-corrected chi connectivity index (χ1v) is 5.61. The van der Waals surface area contributed by atoms with Crippen LogP contribution in [0.5, 0.6) is 0 Å². The van der Waals surface area contributed by atoms with Crippen LogP contribution in [0.25, 0.3) is 0 Å². The summed E-state index contributed by atoms with van der Waals surface area (Å²) < 4.78 is 4.85. The molecule has 3 nitrogen and oxygen atoms in total. The molecule has 0 fully saturated rings. The van der Waals surface area contributed by atoms with Crippen LogP contribution >= 0.6 is 24.2 Å². The SMILES string of the molecule is CCOC(=O)c1cc(C#N)c(S)c(CCl)c1. The summed E-state index contributed by atoms with van der Waals surface area (Å²) in [7, 11) is 0. The molecule has 0 aliphatic rings. The summed E-state index contributed by atoms with van der Waals surface area (Å²) in [6.45, 7) is 2.01. The number of thiol groups is 1. The van der Waals surface area contributed by atoms with Gasteiger partial charge < -0.3 is 4.74 Å². The van der Waals surface area contributed by atoms with Crippen LogP contribution in [0.15, 0.2) is 17.0 Å². The number of rotatable bonds is 3. The van der Waals surface area contributed by atoms with E-state index >= 15 is 0 Å². The fraction of sp³-hybridized carbons (Fsp3) is 0.273.